The minimum absolute atomic E-state index is 0.217. The number of hydrogen-bond donors (Lipinski definition) is 1. The quantitative estimate of drug-likeness (QED) is 0.746. The largest absolute Gasteiger partial charge is 0.444 e. The van der Waals surface area contributed by atoms with Crippen LogP contribution in [0.4, 0.5) is 4.79 Å². The first-order valence-corrected chi connectivity index (χ1v) is 5.99. The summed E-state index contributed by atoms with van der Waals surface area (Å²) in [4.78, 5) is 11.6. The monoisotopic (exact) mass is 227 g/mol. The molecule has 4 nitrogen and oxygen atoms in total. The van der Waals surface area contributed by atoms with E-state index in [2.05, 4.69) is 5.32 Å². The molecule has 2 rings (SSSR count). The molecule has 0 aromatic rings. The molecule has 2 aliphatic rings. The number of rotatable bonds is 1. The molecule has 1 saturated carbocycles. The maximum Gasteiger partial charge on any atom is 0.407 e. The lowest BCUT2D eigenvalue weighted by Gasteiger charge is -2.24. The summed E-state index contributed by atoms with van der Waals surface area (Å²) in [6.45, 7) is 7.27. The Balaban J connectivity index is 1.78. The van der Waals surface area contributed by atoms with Crippen LogP contribution < -0.4 is 5.32 Å². The fourth-order valence-electron chi connectivity index (χ4n) is 2.31. The molecule has 0 aromatic heterocycles. The second-order valence-electron chi connectivity index (χ2n) is 5.92. The van der Waals surface area contributed by atoms with Crippen LogP contribution in [-0.2, 0) is 9.47 Å². The lowest BCUT2D eigenvalue weighted by Crippen LogP contribution is -2.37. The predicted octanol–water partition coefficient (Wildman–Crippen LogP) is 2.08. The van der Waals surface area contributed by atoms with Gasteiger partial charge in [-0.2, -0.15) is 0 Å². The number of amides is 1. The van der Waals surface area contributed by atoms with Gasteiger partial charge in [-0.1, -0.05) is 0 Å². The molecule has 1 amide bonds. The average molecular weight is 227 g/mol. The van der Waals surface area contributed by atoms with Crippen molar-refractivity contribution in [3.05, 3.63) is 0 Å². The van der Waals surface area contributed by atoms with Crippen molar-refractivity contribution in [2.24, 2.45) is 5.41 Å². The minimum atomic E-state index is -0.421. The highest BCUT2D eigenvalue weighted by Crippen LogP contribution is 2.51. The van der Waals surface area contributed by atoms with Gasteiger partial charge < -0.3 is 14.8 Å². The molecule has 1 aliphatic carbocycles. The number of nitrogens with one attached hydrogen (secondary N) is 1. The van der Waals surface area contributed by atoms with E-state index < -0.39 is 5.60 Å². The summed E-state index contributed by atoms with van der Waals surface area (Å²) < 4.78 is 10.7. The fourth-order valence-corrected chi connectivity index (χ4v) is 2.31. The molecular formula is C12H21NO3. The van der Waals surface area contributed by atoms with E-state index in [-0.39, 0.29) is 17.6 Å². The molecule has 0 aromatic carbocycles. The van der Waals surface area contributed by atoms with Crippen LogP contribution in [-0.4, -0.2) is 30.9 Å². The zero-order chi connectivity index (χ0) is 11.8. The van der Waals surface area contributed by atoms with Crippen LogP contribution in [0, 0.1) is 5.41 Å². The van der Waals surface area contributed by atoms with Crippen molar-refractivity contribution in [3.8, 4) is 0 Å². The molecule has 16 heavy (non-hydrogen) atoms. The smallest absolute Gasteiger partial charge is 0.407 e. The second-order valence-corrected chi connectivity index (χ2v) is 5.92. The highest BCUT2D eigenvalue weighted by atomic mass is 16.6. The first-order chi connectivity index (χ1) is 7.41. The van der Waals surface area contributed by atoms with Crippen molar-refractivity contribution in [1.29, 1.82) is 0 Å². The van der Waals surface area contributed by atoms with E-state index in [0.717, 1.165) is 32.5 Å². The first kappa shape index (κ1) is 11.7. The normalized spacial score (nSPS) is 33.6. The van der Waals surface area contributed by atoms with E-state index in [0.29, 0.717) is 0 Å². The number of ether oxygens (including phenoxy) is 2. The van der Waals surface area contributed by atoms with Crippen LogP contribution in [0.2, 0.25) is 0 Å². The van der Waals surface area contributed by atoms with Gasteiger partial charge in [0.2, 0.25) is 0 Å². The number of carbonyl (C=O) groups excluding carboxylic acids is 1. The molecule has 4 heteroatoms. The van der Waals surface area contributed by atoms with Gasteiger partial charge in [0, 0.05) is 18.1 Å². The van der Waals surface area contributed by atoms with E-state index in [1.165, 1.54) is 0 Å². The lowest BCUT2D eigenvalue weighted by atomic mass is 9.98. The maximum atomic E-state index is 11.6. The first-order valence-electron chi connectivity index (χ1n) is 5.99. The van der Waals surface area contributed by atoms with Gasteiger partial charge in [-0.05, 0) is 40.0 Å². The van der Waals surface area contributed by atoms with E-state index in [1.807, 2.05) is 20.8 Å². The number of hydrogen-bond acceptors (Lipinski definition) is 3. The van der Waals surface area contributed by atoms with E-state index in [4.69, 9.17) is 9.47 Å². The summed E-state index contributed by atoms with van der Waals surface area (Å²) in [5.41, 5.74) is -0.204. The molecule has 1 spiro atoms. The highest BCUT2D eigenvalue weighted by Gasteiger charge is 2.55. The van der Waals surface area contributed by atoms with Gasteiger partial charge in [0.15, 0.2) is 0 Å². The summed E-state index contributed by atoms with van der Waals surface area (Å²) in [6, 6.07) is 0.252. The minimum Gasteiger partial charge on any atom is -0.444 e. The third-order valence-electron chi connectivity index (χ3n) is 3.23. The average Bonchev–Trinajstić information content (AvgIpc) is 2.75. The van der Waals surface area contributed by atoms with Crippen LogP contribution in [0.5, 0.6) is 0 Å². The molecule has 0 radical (unpaired) electrons. The molecule has 1 aliphatic heterocycles. The van der Waals surface area contributed by atoms with Crippen LogP contribution in [0.25, 0.3) is 0 Å². The van der Waals surface area contributed by atoms with Crippen molar-refractivity contribution in [1.82, 2.24) is 5.32 Å². The molecule has 1 saturated heterocycles. The third-order valence-corrected chi connectivity index (χ3v) is 3.23. The van der Waals surface area contributed by atoms with Crippen molar-refractivity contribution in [2.45, 2.75) is 51.7 Å². The fraction of sp³-hybridized carbons (Fsp3) is 0.917. The van der Waals surface area contributed by atoms with E-state index in [1.54, 1.807) is 0 Å². The molecule has 0 bridgehead atoms. The van der Waals surface area contributed by atoms with Gasteiger partial charge in [0.25, 0.3) is 0 Å². The van der Waals surface area contributed by atoms with Crippen LogP contribution in [0.1, 0.15) is 40.0 Å². The summed E-state index contributed by atoms with van der Waals surface area (Å²) in [6.07, 6.45) is 2.99. The van der Waals surface area contributed by atoms with Crippen molar-refractivity contribution in [2.75, 3.05) is 13.2 Å². The van der Waals surface area contributed by atoms with Gasteiger partial charge >= 0.3 is 6.09 Å². The Kier molecular flexibility index (Phi) is 2.86. The Morgan fingerprint density at radius 2 is 2.25 bits per heavy atom. The summed E-state index contributed by atoms with van der Waals surface area (Å²) in [5.74, 6) is 0. The third kappa shape index (κ3) is 2.67. The predicted molar refractivity (Wildman–Crippen MR) is 60.3 cm³/mol. The van der Waals surface area contributed by atoms with Crippen molar-refractivity contribution >= 4 is 6.09 Å². The summed E-state index contributed by atoms with van der Waals surface area (Å²) in [7, 11) is 0. The van der Waals surface area contributed by atoms with Gasteiger partial charge in [-0.15, -0.1) is 0 Å². The Hall–Kier alpha value is -0.770. The zero-order valence-corrected chi connectivity index (χ0v) is 10.3. The lowest BCUT2D eigenvalue weighted by molar-refractivity contribution is 0.0333. The molecule has 1 heterocycles. The van der Waals surface area contributed by atoms with Crippen LogP contribution in [0.15, 0.2) is 0 Å². The SMILES string of the molecule is CC(C)(C)OC(=O)N[C@H]1C[C@@]12CCCOC2. The molecule has 2 atom stereocenters. The van der Waals surface area contributed by atoms with Crippen LogP contribution in [0.3, 0.4) is 0 Å². The Labute approximate surface area is 96.7 Å². The molecule has 2 fully saturated rings. The Bertz CT molecular complexity index is 276. The molecule has 92 valence electrons. The zero-order valence-electron chi connectivity index (χ0n) is 10.3. The van der Waals surface area contributed by atoms with Crippen molar-refractivity contribution in [3.63, 3.8) is 0 Å². The standard InChI is InChI=1S/C12H21NO3/c1-11(2,3)16-10(14)13-9-7-12(9)5-4-6-15-8-12/h9H,4-8H2,1-3H3,(H,13,14)/t9-,12+/m0/s1. The molecule has 0 unspecified atom stereocenters. The van der Waals surface area contributed by atoms with Crippen molar-refractivity contribution < 1.29 is 14.3 Å². The molecule has 1 N–H and O–H groups in total. The highest BCUT2D eigenvalue weighted by molar-refractivity contribution is 5.68. The summed E-state index contributed by atoms with van der Waals surface area (Å²) >= 11 is 0. The van der Waals surface area contributed by atoms with Gasteiger partial charge in [0.05, 0.1) is 6.61 Å². The summed E-state index contributed by atoms with van der Waals surface area (Å²) in [5, 5.41) is 2.93. The molecular weight excluding hydrogens is 206 g/mol. The van der Waals surface area contributed by atoms with Gasteiger partial charge in [-0.3, -0.25) is 0 Å². The number of alkyl carbamates (subject to hydrolysis) is 1. The van der Waals surface area contributed by atoms with Gasteiger partial charge in [0.1, 0.15) is 5.60 Å². The number of carbonyl (C=O) groups is 1. The Morgan fingerprint density at radius 1 is 1.50 bits per heavy atom. The van der Waals surface area contributed by atoms with Crippen LogP contribution >= 0.6 is 0 Å². The Morgan fingerprint density at radius 3 is 2.81 bits per heavy atom. The topological polar surface area (TPSA) is 47.6 Å². The van der Waals surface area contributed by atoms with Gasteiger partial charge in [-0.25, -0.2) is 4.79 Å². The second kappa shape index (κ2) is 3.91. The maximum absolute atomic E-state index is 11.6. The van der Waals surface area contributed by atoms with E-state index >= 15 is 0 Å². The van der Waals surface area contributed by atoms with E-state index in [9.17, 15) is 4.79 Å².